The molecule has 1 aliphatic carbocycles. The molecule has 0 aromatic heterocycles. The fourth-order valence-electron chi connectivity index (χ4n) is 2.23. The number of rotatable bonds is 6. The Bertz CT molecular complexity index is 351. The fraction of sp³-hybridized carbons (Fsp3) is 0.750. The minimum absolute atomic E-state index is 0.208. The summed E-state index contributed by atoms with van der Waals surface area (Å²) in [5, 5.41) is 13.0. The molecular weight excluding hydrogens is 250 g/mol. The Morgan fingerprint density at radius 2 is 1.58 bits per heavy atom. The molecule has 1 fully saturated rings. The van der Waals surface area contributed by atoms with E-state index >= 15 is 0 Å². The van der Waals surface area contributed by atoms with Crippen molar-refractivity contribution in [2.75, 3.05) is 13.1 Å². The highest BCUT2D eigenvalue weighted by Gasteiger charge is 2.29. The molecule has 1 aliphatic rings. The van der Waals surface area contributed by atoms with Crippen molar-refractivity contribution < 1.29 is 19.5 Å². The third-order valence-corrected chi connectivity index (χ3v) is 3.24. The summed E-state index contributed by atoms with van der Waals surface area (Å²) >= 11 is 0. The molecule has 0 spiro atoms. The van der Waals surface area contributed by atoms with Crippen molar-refractivity contribution in [3.8, 4) is 0 Å². The van der Waals surface area contributed by atoms with Crippen LogP contribution in [0.5, 0.6) is 0 Å². The lowest BCUT2D eigenvalue weighted by atomic mass is 9.80. The first kappa shape index (κ1) is 15.4. The molecule has 0 saturated heterocycles. The number of hydrogen-bond acceptors (Lipinski definition) is 4. The Morgan fingerprint density at radius 1 is 1.00 bits per heavy atom. The van der Waals surface area contributed by atoms with Crippen molar-refractivity contribution in [1.82, 2.24) is 10.6 Å². The molecule has 0 aliphatic heterocycles. The molecule has 7 nitrogen and oxygen atoms in total. The number of hydrogen-bond donors (Lipinski definition) is 4. The van der Waals surface area contributed by atoms with Crippen LogP contribution < -0.4 is 16.4 Å². The summed E-state index contributed by atoms with van der Waals surface area (Å²) < 4.78 is 0. The zero-order valence-electron chi connectivity index (χ0n) is 10.9. The first-order valence-electron chi connectivity index (χ1n) is 6.45. The van der Waals surface area contributed by atoms with Crippen molar-refractivity contribution in [1.29, 1.82) is 0 Å². The zero-order valence-corrected chi connectivity index (χ0v) is 10.9. The zero-order chi connectivity index (χ0) is 14.3. The van der Waals surface area contributed by atoms with Gasteiger partial charge in [0.2, 0.25) is 11.8 Å². The largest absolute Gasteiger partial charge is 0.480 e. The van der Waals surface area contributed by atoms with Gasteiger partial charge in [-0.05, 0) is 12.8 Å². The quantitative estimate of drug-likeness (QED) is 0.511. The molecule has 19 heavy (non-hydrogen) atoms. The summed E-state index contributed by atoms with van der Waals surface area (Å²) in [6.45, 7) is -0.669. The second kappa shape index (κ2) is 7.08. The van der Waals surface area contributed by atoms with Crippen molar-refractivity contribution >= 4 is 17.8 Å². The highest BCUT2D eigenvalue weighted by atomic mass is 16.4. The van der Waals surface area contributed by atoms with Gasteiger partial charge >= 0.3 is 5.97 Å². The highest BCUT2D eigenvalue weighted by molar-refractivity contribution is 5.86. The monoisotopic (exact) mass is 271 g/mol. The lowest BCUT2D eigenvalue weighted by Crippen LogP contribution is -2.47. The van der Waals surface area contributed by atoms with E-state index in [4.69, 9.17) is 10.8 Å². The molecule has 1 saturated carbocycles. The number of carboxylic acids is 1. The highest BCUT2D eigenvalue weighted by Crippen LogP contribution is 2.28. The van der Waals surface area contributed by atoms with Gasteiger partial charge in [-0.2, -0.15) is 0 Å². The van der Waals surface area contributed by atoms with Gasteiger partial charge in [-0.25, -0.2) is 0 Å². The maximum absolute atomic E-state index is 11.7. The molecular formula is C12H21N3O4. The van der Waals surface area contributed by atoms with Crippen LogP contribution >= 0.6 is 0 Å². The molecule has 0 bridgehead atoms. The second-order valence-corrected chi connectivity index (χ2v) is 5.05. The van der Waals surface area contributed by atoms with E-state index in [0.29, 0.717) is 0 Å². The van der Waals surface area contributed by atoms with E-state index in [1.165, 1.54) is 0 Å². The summed E-state index contributed by atoms with van der Waals surface area (Å²) in [7, 11) is 0. The molecule has 0 aromatic rings. The Balaban J connectivity index is 2.23. The van der Waals surface area contributed by atoms with Crippen molar-refractivity contribution in [3.05, 3.63) is 0 Å². The van der Waals surface area contributed by atoms with Crippen LogP contribution in [0, 0.1) is 0 Å². The van der Waals surface area contributed by atoms with Gasteiger partial charge in [-0.3, -0.25) is 14.4 Å². The number of carboxylic acid groups (broad SMARTS) is 1. The fourth-order valence-corrected chi connectivity index (χ4v) is 2.23. The normalized spacial score (nSPS) is 17.5. The SMILES string of the molecule is NC1(CC(=O)NCC(=O)NCC(=O)O)CCCCC1. The van der Waals surface area contributed by atoms with E-state index < -0.39 is 24.0 Å². The predicted octanol–water partition coefficient (Wildman–Crippen LogP) is -0.645. The van der Waals surface area contributed by atoms with E-state index in [0.717, 1.165) is 32.1 Å². The van der Waals surface area contributed by atoms with Crippen LogP contribution in [-0.4, -0.2) is 41.5 Å². The van der Waals surface area contributed by atoms with Gasteiger partial charge in [0.1, 0.15) is 6.54 Å². The van der Waals surface area contributed by atoms with Crippen LogP contribution in [0.3, 0.4) is 0 Å². The maximum Gasteiger partial charge on any atom is 0.322 e. The molecule has 1 rings (SSSR count). The molecule has 0 radical (unpaired) electrons. The van der Waals surface area contributed by atoms with Gasteiger partial charge in [0.25, 0.3) is 0 Å². The van der Waals surface area contributed by atoms with E-state index in [1.54, 1.807) is 0 Å². The van der Waals surface area contributed by atoms with Crippen LogP contribution in [0.1, 0.15) is 38.5 Å². The van der Waals surface area contributed by atoms with E-state index in [-0.39, 0.29) is 18.9 Å². The van der Waals surface area contributed by atoms with Gasteiger partial charge < -0.3 is 21.5 Å². The Morgan fingerprint density at radius 3 is 2.16 bits per heavy atom. The van der Waals surface area contributed by atoms with Gasteiger partial charge in [0.15, 0.2) is 0 Å². The average molecular weight is 271 g/mol. The van der Waals surface area contributed by atoms with E-state index in [1.807, 2.05) is 0 Å². The lowest BCUT2D eigenvalue weighted by Gasteiger charge is -2.32. The second-order valence-electron chi connectivity index (χ2n) is 5.05. The number of nitrogens with one attached hydrogen (secondary N) is 2. The predicted molar refractivity (Wildman–Crippen MR) is 68.3 cm³/mol. The third-order valence-electron chi connectivity index (χ3n) is 3.24. The number of amides is 2. The summed E-state index contributed by atoms with van der Waals surface area (Å²) in [6, 6.07) is 0. The van der Waals surface area contributed by atoms with E-state index in [9.17, 15) is 14.4 Å². The van der Waals surface area contributed by atoms with Crippen molar-refractivity contribution in [2.45, 2.75) is 44.1 Å². The summed E-state index contributed by atoms with van der Waals surface area (Å²) in [4.78, 5) is 33.1. The van der Waals surface area contributed by atoms with Crippen LogP contribution in [0.2, 0.25) is 0 Å². The standard InChI is InChI=1S/C12H21N3O4/c13-12(4-2-1-3-5-12)6-9(16)14-7-10(17)15-8-11(18)19/h1-8,13H2,(H,14,16)(H,15,17)(H,18,19). The molecule has 108 valence electrons. The van der Waals surface area contributed by atoms with Gasteiger partial charge in [-0.15, -0.1) is 0 Å². The number of nitrogens with two attached hydrogens (primary N) is 1. The molecule has 7 heteroatoms. The average Bonchev–Trinajstić information content (AvgIpc) is 2.34. The van der Waals surface area contributed by atoms with Crippen LogP contribution in [0.25, 0.3) is 0 Å². The summed E-state index contributed by atoms with van der Waals surface area (Å²) in [6.07, 6.45) is 5.07. The molecule has 2 amide bonds. The number of carbonyl (C=O) groups excluding carboxylic acids is 2. The Labute approximate surface area is 111 Å². The van der Waals surface area contributed by atoms with Crippen LogP contribution in [0.4, 0.5) is 0 Å². The van der Waals surface area contributed by atoms with Crippen molar-refractivity contribution in [3.63, 3.8) is 0 Å². The van der Waals surface area contributed by atoms with E-state index in [2.05, 4.69) is 10.6 Å². The number of aliphatic carboxylic acids is 1. The number of carbonyl (C=O) groups is 3. The minimum atomic E-state index is -1.12. The van der Waals surface area contributed by atoms with Crippen LogP contribution in [-0.2, 0) is 14.4 Å². The summed E-state index contributed by atoms with van der Waals surface area (Å²) in [5.41, 5.74) is 5.67. The first-order valence-corrected chi connectivity index (χ1v) is 6.45. The first-order chi connectivity index (χ1) is 8.91. The molecule has 0 aromatic carbocycles. The smallest absolute Gasteiger partial charge is 0.322 e. The third kappa shape index (κ3) is 6.19. The van der Waals surface area contributed by atoms with Gasteiger partial charge in [-0.1, -0.05) is 19.3 Å². The topological polar surface area (TPSA) is 122 Å². The van der Waals surface area contributed by atoms with Gasteiger partial charge in [0, 0.05) is 12.0 Å². The summed E-state index contributed by atoms with van der Waals surface area (Å²) in [5.74, 6) is -1.91. The van der Waals surface area contributed by atoms with Crippen molar-refractivity contribution in [2.24, 2.45) is 5.73 Å². The van der Waals surface area contributed by atoms with Crippen LogP contribution in [0.15, 0.2) is 0 Å². The minimum Gasteiger partial charge on any atom is -0.480 e. The maximum atomic E-state index is 11.7. The molecule has 0 unspecified atom stereocenters. The van der Waals surface area contributed by atoms with Gasteiger partial charge in [0.05, 0.1) is 6.54 Å². The molecule has 5 N–H and O–H groups in total. The molecule has 0 heterocycles. The molecule has 0 atom stereocenters. The lowest BCUT2D eigenvalue weighted by molar-refractivity contribution is -0.137. The Hall–Kier alpha value is -1.63. The Kier molecular flexibility index (Phi) is 5.75.